The Kier molecular flexibility index (Phi) is 3.27. The lowest BCUT2D eigenvalue weighted by Gasteiger charge is -2.14. The largest absolute Gasteiger partial charge is 0.496 e. The molecule has 2 rings (SSSR count). The van der Waals surface area contributed by atoms with Crippen molar-refractivity contribution < 1.29 is 4.74 Å². The molecule has 15 heavy (non-hydrogen) atoms. The van der Waals surface area contributed by atoms with Crippen molar-refractivity contribution in [2.24, 2.45) is 5.41 Å². The van der Waals surface area contributed by atoms with Crippen molar-refractivity contribution in [3.63, 3.8) is 0 Å². The zero-order chi connectivity index (χ0) is 10.9. The van der Waals surface area contributed by atoms with Gasteiger partial charge in [0.05, 0.1) is 7.11 Å². The predicted molar refractivity (Wildman–Crippen MR) is 67.2 cm³/mol. The number of halogens is 2. The first kappa shape index (κ1) is 11.3. The van der Waals surface area contributed by atoms with Gasteiger partial charge in [-0.2, -0.15) is 0 Å². The number of hydrogen-bond acceptors (Lipinski definition) is 1. The minimum atomic E-state index is 0.456. The van der Waals surface area contributed by atoms with E-state index >= 15 is 0 Å². The molecule has 0 N–H and O–H groups in total. The zero-order valence-corrected chi connectivity index (χ0v) is 11.1. The fourth-order valence-corrected chi connectivity index (χ4v) is 2.78. The fraction of sp³-hybridized carbons (Fsp3) is 0.500. The zero-order valence-electron chi connectivity index (χ0n) is 8.72. The van der Waals surface area contributed by atoms with Gasteiger partial charge in [0.15, 0.2) is 0 Å². The van der Waals surface area contributed by atoms with E-state index in [1.807, 2.05) is 18.2 Å². The van der Waals surface area contributed by atoms with Gasteiger partial charge in [-0.05, 0) is 48.4 Å². The van der Waals surface area contributed by atoms with Crippen LogP contribution < -0.4 is 4.74 Å². The van der Waals surface area contributed by atoms with Gasteiger partial charge in [0.1, 0.15) is 5.75 Å². The summed E-state index contributed by atoms with van der Waals surface area (Å²) in [6.07, 6.45) is 3.66. The molecule has 0 aromatic heterocycles. The van der Waals surface area contributed by atoms with Crippen LogP contribution in [0.2, 0.25) is 5.02 Å². The van der Waals surface area contributed by atoms with Crippen molar-refractivity contribution in [3.8, 4) is 5.75 Å². The Morgan fingerprint density at radius 1 is 1.47 bits per heavy atom. The van der Waals surface area contributed by atoms with Gasteiger partial charge in [-0.25, -0.2) is 0 Å². The molecule has 1 nitrogen and oxygen atoms in total. The molecule has 1 aromatic carbocycles. The first-order chi connectivity index (χ1) is 7.19. The molecule has 3 heteroatoms. The monoisotopic (exact) mass is 288 g/mol. The Balaban J connectivity index is 2.22. The Bertz CT molecular complexity index is 361. The second kappa shape index (κ2) is 4.34. The van der Waals surface area contributed by atoms with E-state index in [0.717, 1.165) is 22.5 Å². The van der Waals surface area contributed by atoms with E-state index in [9.17, 15) is 0 Å². The molecular formula is C12H14BrClO. The summed E-state index contributed by atoms with van der Waals surface area (Å²) in [5, 5.41) is 1.85. The van der Waals surface area contributed by atoms with Crippen molar-refractivity contribution in [2.75, 3.05) is 12.4 Å². The van der Waals surface area contributed by atoms with Crippen molar-refractivity contribution >= 4 is 27.5 Å². The SMILES string of the molecule is COc1ccc(Cl)cc1CC1(CBr)CC1. The molecule has 1 aromatic rings. The molecule has 0 atom stereocenters. The normalized spacial score (nSPS) is 17.5. The summed E-state index contributed by atoms with van der Waals surface area (Å²) in [5.74, 6) is 0.951. The smallest absolute Gasteiger partial charge is 0.122 e. The second-order valence-electron chi connectivity index (χ2n) is 4.27. The van der Waals surface area contributed by atoms with Gasteiger partial charge in [0.25, 0.3) is 0 Å². The molecule has 1 aliphatic rings. The summed E-state index contributed by atoms with van der Waals surface area (Å²) >= 11 is 9.58. The quantitative estimate of drug-likeness (QED) is 0.759. The second-order valence-corrected chi connectivity index (χ2v) is 5.26. The van der Waals surface area contributed by atoms with Gasteiger partial charge < -0.3 is 4.74 Å². The average molecular weight is 290 g/mol. The molecule has 0 unspecified atom stereocenters. The highest BCUT2D eigenvalue weighted by Gasteiger charge is 2.41. The molecule has 0 aliphatic heterocycles. The summed E-state index contributed by atoms with van der Waals surface area (Å²) in [6, 6.07) is 5.84. The van der Waals surface area contributed by atoms with E-state index in [-0.39, 0.29) is 0 Å². The van der Waals surface area contributed by atoms with Gasteiger partial charge >= 0.3 is 0 Å². The molecule has 1 fully saturated rings. The van der Waals surface area contributed by atoms with Gasteiger partial charge in [0, 0.05) is 10.4 Å². The van der Waals surface area contributed by atoms with Crippen molar-refractivity contribution in [1.29, 1.82) is 0 Å². The predicted octanol–water partition coefficient (Wildman–Crippen LogP) is 4.07. The van der Waals surface area contributed by atoms with E-state index < -0.39 is 0 Å². The lowest BCUT2D eigenvalue weighted by atomic mass is 9.98. The Morgan fingerprint density at radius 3 is 2.73 bits per heavy atom. The van der Waals surface area contributed by atoms with Crippen LogP contribution in [-0.2, 0) is 6.42 Å². The molecule has 0 amide bonds. The number of benzene rings is 1. The van der Waals surface area contributed by atoms with Gasteiger partial charge in [-0.15, -0.1) is 0 Å². The van der Waals surface area contributed by atoms with Crippen LogP contribution in [0.4, 0.5) is 0 Å². The highest BCUT2D eigenvalue weighted by Crippen LogP contribution is 2.50. The molecule has 0 spiro atoms. The summed E-state index contributed by atoms with van der Waals surface area (Å²) < 4.78 is 5.34. The Labute approximate surface area is 104 Å². The number of methoxy groups -OCH3 is 1. The maximum absolute atomic E-state index is 6.00. The van der Waals surface area contributed by atoms with Gasteiger partial charge in [-0.1, -0.05) is 27.5 Å². The minimum absolute atomic E-state index is 0.456. The maximum Gasteiger partial charge on any atom is 0.122 e. The van der Waals surface area contributed by atoms with E-state index in [0.29, 0.717) is 5.41 Å². The Hall–Kier alpha value is -0.210. The number of ether oxygens (including phenoxy) is 1. The highest BCUT2D eigenvalue weighted by molar-refractivity contribution is 9.09. The molecular weight excluding hydrogens is 275 g/mol. The molecule has 1 saturated carbocycles. The highest BCUT2D eigenvalue weighted by atomic mass is 79.9. The van der Waals surface area contributed by atoms with Crippen LogP contribution >= 0.6 is 27.5 Å². The number of alkyl halides is 1. The Morgan fingerprint density at radius 2 is 2.20 bits per heavy atom. The third kappa shape index (κ3) is 2.48. The topological polar surface area (TPSA) is 9.23 Å². The summed E-state index contributed by atoms with van der Waals surface area (Å²) in [7, 11) is 1.71. The first-order valence-corrected chi connectivity index (χ1v) is 6.57. The van der Waals surface area contributed by atoms with Crippen LogP contribution in [0.25, 0.3) is 0 Å². The third-order valence-electron chi connectivity index (χ3n) is 3.05. The molecule has 0 bridgehead atoms. The molecule has 1 aliphatic carbocycles. The van der Waals surface area contributed by atoms with Crippen molar-refractivity contribution in [2.45, 2.75) is 19.3 Å². The number of rotatable bonds is 4. The van der Waals surface area contributed by atoms with Gasteiger partial charge in [-0.3, -0.25) is 0 Å². The standard InChI is InChI=1S/C12H14BrClO/c1-15-11-3-2-10(14)6-9(11)7-12(8-13)4-5-12/h2-3,6H,4-5,7-8H2,1H3. The lowest BCUT2D eigenvalue weighted by Crippen LogP contribution is -2.07. The average Bonchev–Trinajstić information content (AvgIpc) is 2.99. The first-order valence-electron chi connectivity index (χ1n) is 5.07. The van der Waals surface area contributed by atoms with Crippen LogP contribution in [0.15, 0.2) is 18.2 Å². The van der Waals surface area contributed by atoms with Crippen LogP contribution in [0.1, 0.15) is 18.4 Å². The summed E-state index contributed by atoms with van der Waals surface area (Å²) in [6.45, 7) is 0. The molecule has 0 saturated heterocycles. The molecule has 82 valence electrons. The summed E-state index contributed by atoms with van der Waals surface area (Å²) in [4.78, 5) is 0. The van der Waals surface area contributed by atoms with E-state index in [1.165, 1.54) is 18.4 Å². The van der Waals surface area contributed by atoms with E-state index in [1.54, 1.807) is 7.11 Å². The number of hydrogen-bond donors (Lipinski definition) is 0. The molecule has 0 radical (unpaired) electrons. The van der Waals surface area contributed by atoms with Crippen LogP contribution in [-0.4, -0.2) is 12.4 Å². The fourth-order valence-electron chi connectivity index (χ4n) is 1.82. The van der Waals surface area contributed by atoms with Crippen LogP contribution in [0.3, 0.4) is 0 Å². The van der Waals surface area contributed by atoms with E-state index in [4.69, 9.17) is 16.3 Å². The van der Waals surface area contributed by atoms with Crippen molar-refractivity contribution in [1.82, 2.24) is 0 Å². The van der Waals surface area contributed by atoms with Crippen LogP contribution in [0.5, 0.6) is 5.75 Å². The minimum Gasteiger partial charge on any atom is -0.496 e. The van der Waals surface area contributed by atoms with Crippen LogP contribution in [0, 0.1) is 5.41 Å². The maximum atomic E-state index is 6.00. The third-order valence-corrected chi connectivity index (χ3v) is 4.47. The van der Waals surface area contributed by atoms with E-state index in [2.05, 4.69) is 15.9 Å². The van der Waals surface area contributed by atoms with Gasteiger partial charge in [0.2, 0.25) is 0 Å². The van der Waals surface area contributed by atoms with Crippen molar-refractivity contribution in [3.05, 3.63) is 28.8 Å². The summed E-state index contributed by atoms with van der Waals surface area (Å²) in [5.41, 5.74) is 1.68. The lowest BCUT2D eigenvalue weighted by molar-refractivity contribution is 0.405. The molecule has 0 heterocycles.